The van der Waals surface area contributed by atoms with Crippen molar-refractivity contribution >= 4 is 28.2 Å². The van der Waals surface area contributed by atoms with Gasteiger partial charge in [-0.3, -0.25) is 9.00 Å². The lowest BCUT2D eigenvalue weighted by molar-refractivity contribution is 0.102. The molecule has 1 aliphatic heterocycles. The van der Waals surface area contributed by atoms with Crippen LogP contribution in [0, 0.1) is 0 Å². The summed E-state index contributed by atoms with van der Waals surface area (Å²) in [4.78, 5) is 28.0. The second kappa shape index (κ2) is 8.93. The van der Waals surface area contributed by atoms with E-state index >= 15 is 0 Å². The standard InChI is InChI=1S/C23H25N5O2S/c1-15(2)16-5-4-6-19(11-16)26-22(29)17-7-9-24-21(12-17)28-10-8-20-18(14-28)13-25-23(27-20)31(3)30/h4-7,9,11-13,15H,8,10,14H2,1-3H3,(H,26,29). The van der Waals surface area contributed by atoms with Gasteiger partial charge in [-0.15, -0.1) is 0 Å². The van der Waals surface area contributed by atoms with Crippen LogP contribution in [0.5, 0.6) is 0 Å². The van der Waals surface area contributed by atoms with Gasteiger partial charge in [0.2, 0.25) is 5.16 Å². The molecule has 3 heterocycles. The Hall–Kier alpha value is -3.13. The molecule has 3 aromatic rings. The lowest BCUT2D eigenvalue weighted by atomic mass is 10.0. The molecule has 8 heteroatoms. The summed E-state index contributed by atoms with van der Waals surface area (Å²) >= 11 is 0. The first kappa shape index (κ1) is 21.1. The molecule has 0 aliphatic carbocycles. The predicted octanol–water partition coefficient (Wildman–Crippen LogP) is 3.55. The third kappa shape index (κ3) is 4.80. The Bertz CT molecular complexity index is 1150. The van der Waals surface area contributed by atoms with E-state index in [1.807, 2.05) is 24.3 Å². The van der Waals surface area contributed by atoms with Gasteiger partial charge in [-0.2, -0.15) is 0 Å². The first-order valence-corrected chi connectivity index (χ1v) is 11.8. The van der Waals surface area contributed by atoms with E-state index in [1.54, 1.807) is 24.7 Å². The predicted molar refractivity (Wildman–Crippen MR) is 122 cm³/mol. The van der Waals surface area contributed by atoms with Crippen LogP contribution in [0.25, 0.3) is 0 Å². The molecule has 0 saturated heterocycles. The molecule has 2 aromatic heterocycles. The average molecular weight is 436 g/mol. The highest BCUT2D eigenvalue weighted by Crippen LogP contribution is 2.24. The fraction of sp³-hybridized carbons (Fsp3) is 0.304. The molecule has 1 atom stereocenters. The highest BCUT2D eigenvalue weighted by molar-refractivity contribution is 7.84. The molecular weight excluding hydrogens is 410 g/mol. The Kier molecular flexibility index (Phi) is 6.08. The molecular formula is C23H25N5O2S. The molecule has 1 aromatic carbocycles. The van der Waals surface area contributed by atoms with Crippen molar-refractivity contribution in [3.8, 4) is 0 Å². The fourth-order valence-electron chi connectivity index (χ4n) is 3.54. The number of amides is 1. The minimum atomic E-state index is -1.19. The van der Waals surface area contributed by atoms with Gasteiger partial charge in [-0.1, -0.05) is 26.0 Å². The first-order valence-electron chi connectivity index (χ1n) is 10.2. The zero-order valence-corrected chi connectivity index (χ0v) is 18.6. The maximum Gasteiger partial charge on any atom is 0.255 e. The van der Waals surface area contributed by atoms with Crippen molar-refractivity contribution in [1.82, 2.24) is 15.0 Å². The molecule has 1 amide bonds. The molecule has 1 N–H and O–H groups in total. The molecule has 0 radical (unpaired) electrons. The van der Waals surface area contributed by atoms with Crippen LogP contribution in [0.3, 0.4) is 0 Å². The number of fused-ring (bicyclic) bond motifs is 1. The Labute approximate surface area is 184 Å². The van der Waals surface area contributed by atoms with Crippen LogP contribution in [-0.4, -0.2) is 37.9 Å². The number of hydrogen-bond acceptors (Lipinski definition) is 6. The quantitative estimate of drug-likeness (QED) is 0.617. The molecule has 4 rings (SSSR count). The number of rotatable bonds is 5. The highest BCUT2D eigenvalue weighted by atomic mass is 32.2. The van der Waals surface area contributed by atoms with Gasteiger partial charge in [0.15, 0.2) is 0 Å². The van der Waals surface area contributed by atoms with Gasteiger partial charge >= 0.3 is 0 Å². The van der Waals surface area contributed by atoms with Crippen LogP contribution < -0.4 is 10.2 Å². The van der Waals surface area contributed by atoms with Crippen LogP contribution in [0.4, 0.5) is 11.5 Å². The lowest BCUT2D eigenvalue weighted by Gasteiger charge is -2.29. The Balaban J connectivity index is 1.50. The van der Waals surface area contributed by atoms with Crippen LogP contribution in [0.15, 0.2) is 53.9 Å². The molecule has 0 spiro atoms. The third-order valence-corrected chi connectivity index (χ3v) is 6.02. The largest absolute Gasteiger partial charge is 0.352 e. The summed E-state index contributed by atoms with van der Waals surface area (Å²) in [6.07, 6.45) is 5.69. The molecule has 0 fully saturated rings. The maximum absolute atomic E-state index is 12.8. The van der Waals surface area contributed by atoms with Crippen molar-refractivity contribution in [2.75, 3.05) is 23.0 Å². The van der Waals surface area contributed by atoms with Crippen molar-refractivity contribution in [2.24, 2.45) is 0 Å². The number of anilines is 2. The molecule has 160 valence electrons. The van der Waals surface area contributed by atoms with Crippen LogP contribution >= 0.6 is 0 Å². The Morgan fingerprint density at radius 1 is 1.19 bits per heavy atom. The van der Waals surface area contributed by atoms with Gasteiger partial charge in [-0.05, 0) is 35.7 Å². The molecule has 0 saturated carbocycles. The Morgan fingerprint density at radius 3 is 2.81 bits per heavy atom. The Morgan fingerprint density at radius 2 is 2.03 bits per heavy atom. The summed E-state index contributed by atoms with van der Waals surface area (Å²) in [5, 5.41) is 3.35. The average Bonchev–Trinajstić information content (AvgIpc) is 2.78. The van der Waals surface area contributed by atoms with Crippen molar-refractivity contribution < 1.29 is 9.00 Å². The van der Waals surface area contributed by atoms with Crippen molar-refractivity contribution in [2.45, 2.75) is 37.9 Å². The van der Waals surface area contributed by atoms with Gasteiger partial charge in [0, 0.05) is 55.0 Å². The van der Waals surface area contributed by atoms with E-state index in [4.69, 9.17) is 0 Å². The summed E-state index contributed by atoms with van der Waals surface area (Å²) in [5.41, 5.74) is 4.43. The molecule has 1 unspecified atom stereocenters. The maximum atomic E-state index is 12.8. The van der Waals surface area contributed by atoms with Crippen LogP contribution in [0.2, 0.25) is 0 Å². The smallest absolute Gasteiger partial charge is 0.255 e. The summed E-state index contributed by atoms with van der Waals surface area (Å²) in [6.45, 7) is 5.56. The molecule has 31 heavy (non-hydrogen) atoms. The number of aromatic nitrogens is 3. The van der Waals surface area contributed by atoms with Gasteiger partial charge in [0.25, 0.3) is 5.91 Å². The number of hydrogen-bond donors (Lipinski definition) is 1. The van der Waals surface area contributed by atoms with Crippen LogP contribution in [0.1, 0.15) is 46.9 Å². The van der Waals surface area contributed by atoms with E-state index in [9.17, 15) is 9.00 Å². The number of carbonyl (C=O) groups excluding carboxylic acids is 1. The van der Waals surface area contributed by atoms with E-state index in [1.165, 1.54) is 5.56 Å². The first-order chi connectivity index (χ1) is 14.9. The zero-order valence-electron chi connectivity index (χ0n) is 17.8. The summed E-state index contributed by atoms with van der Waals surface area (Å²) in [7, 11) is -1.19. The van der Waals surface area contributed by atoms with Gasteiger partial charge in [0.05, 0.1) is 16.5 Å². The SMILES string of the molecule is CC(C)c1cccc(NC(=O)c2ccnc(N3CCc4nc(S(C)=O)ncc4C3)c2)c1. The van der Waals surface area contributed by atoms with Crippen molar-refractivity contribution in [3.05, 3.63) is 71.2 Å². The summed E-state index contributed by atoms with van der Waals surface area (Å²) < 4.78 is 11.6. The molecule has 0 bridgehead atoms. The normalized spacial score (nSPS) is 14.3. The van der Waals surface area contributed by atoms with Crippen molar-refractivity contribution in [1.29, 1.82) is 0 Å². The third-order valence-electron chi connectivity index (χ3n) is 5.31. The van der Waals surface area contributed by atoms with E-state index < -0.39 is 10.8 Å². The number of pyridine rings is 1. The number of benzene rings is 1. The molecule has 1 aliphatic rings. The summed E-state index contributed by atoms with van der Waals surface area (Å²) in [5.74, 6) is 0.960. The van der Waals surface area contributed by atoms with E-state index in [-0.39, 0.29) is 5.91 Å². The van der Waals surface area contributed by atoms with Crippen molar-refractivity contribution in [3.63, 3.8) is 0 Å². The second-order valence-electron chi connectivity index (χ2n) is 7.89. The minimum absolute atomic E-state index is 0.166. The fourth-order valence-corrected chi connectivity index (χ4v) is 3.98. The van der Waals surface area contributed by atoms with Gasteiger partial charge < -0.3 is 10.2 Å². The topological polar surface area (TPSA) is 88.1 Å². The number of nitrogens with one attached hydrogen (secondary N) is 1. The lowest BCUT2D eigenvalue weighted by Crippen LogP contribution is -2.32. The summed E-state index contributed by atoms with van der Waals surface area (Å²) in [6, 6.07) is 11.4. The highest BCUT2D eigenvalue weighted by Gasteiger charge is 2.21. The van der Waals surface area contributed by atoms with Crippen LogP contribution in [-0.2, 0) is 23.8 Å². The monoisotopic (exact) mass is 435 g/mol. The van der Waals surface area contributed by atoms with E-state index in [0.717, 1.165) is 22.8 Å². The number of carbonyl (C=O) groups is 1. The minimum Gasteiger partial charge on any atom is -0.352 e. The number of nitrogens with zero attached hydrogens (tertiary/aromatic N) is 4. The van der Waals surface area contributed by atoms with E-state index in [0.29, 0.717) is 36.1 Å². The van der Waals surface area contributed by atoms with Gasteiger partial charge in [-0.25, -0.2) is 15.0 Å². The van der Waals surface area contributed by atoms with E-state index in [2.05, 4.69) is 45.1 Å². The second-order valence-corrected chi connectivity index (χ2v) is 9.16. The van der Waals surface area contributed by atoms with Gasteiger partial charge in [0.1, 0.15) is 5.82 Å². The zero-order chi connectivity index (χ0) is 22.0. The molecule has 7 nitrogen and oxygen atoms in total.